The number of rotatable bonds is 8. The van der Waals surface area contributed by atoms with Crippen LogP contribution < -0.4 is 10.1 Å². The molecule has 2 aromatic carbocycles. The minimum atomic E-state index is -0.690. The first-order chi connectivity index (χ1) is 13.4. The maximum absolute atomic E-state index is 12.1. The van der Waals surface area contributed by atoms with E-state index in [0.29, 0.717) is 17.9 Å². The molecule has 148 valence electrons. The number of hydrogen-bond acceptors (Lipinski definition) is 5. The normalized spacial score (nSPS) is 10.1. The van der Waals surface area contributed by atoms with Gasteiger partial charge in [-0.15, -0.1) is 0 Å². The van der Waals surface area contributed by atoms with E-state index in [4.69, 9.17) is 9.47 Å². The van der Waals surface area contributed by atoms with Crippen LogP contribution in [0.5, 0.6) is 5.75 Å². The Morgan fingerprint density at radius 1 is 1.07 bits per heavy atom. The first-order valence-corrected chi connectivity index (χ1v) is 9.25. The number of hydrogen-bond donors (Lipinski definition) is 1. The standard InChI is InChI=1S/C20H21BrN2O5/c1-23(12-15-5-3-4-6-17(15)21)18(24)13-28-19(25)11-22-20(26)14-7-9-16(27-2)10-8-14/h3-10H,11-13H2,1-2H3,(H,22,26). The Morgan fingerprint density at radius 2 is 1.75 bits per heavy atom. The number of carbonyl (C=O) groups excluding carboxylic acids is 3. The van der Waals surface area contributed by atoms with Crippen LogP contribution in [-0.2, 0) is 20.9 Å². The van der Waals surface area contributed by atoms with Crippen LogP contribution in [0.4, 0.5) is 0 Å². The van der Waals surface area contributed by atoms with Gasteiger partial charge in [-0.25, -0.2) is 0 Å². The summed E-state index contributed by atoms with van der Waals surface area (Å²) in [5, 5.41) is 2.45. The van der Waals surface area contributed by atoms with E-state index in [0.717, 1.165) is 10.0 Å². The van der Waals surface area contributed by atoms with Crippen molar-refractivity contribution in [3.8, 4) is 5.75 Å². The molecule has 8 heteroatoms. The number of nitrogens with one attached hydrogen (secondary N) is 1. The molecule has 0 fully saturated rings. The lowest BCUT2D eigenvalue weighted by molar-refractivity contribution is -0.150. The summed E-state index contributed by atoms with van der Waals surface area (Å²) in [5.74, 6) is -0.826. The van der Waals surface area contributed by atoms with Crippen LogP contribution in [0.1, 0.15) is 15.9 Å². The van der Waals surface area contributed by atoms with Crippen molar-refractivity contribution in [3.63, 3.8) is 0 Å². The molecule has 0 saturated heterocycles. The van der Waals surface area contributed by atoms with Crippen LogP contribution >= 0.6 is 15.9 Å². The Morgan fingerprint density at radius 3 is 2.39 bits per heavy atom. The third kappa shape index (κ3) is 6.38. The summed E-state index contributed by atoms with van der Waals surface area (Å²) in [5.41, 5.74) is 1.33. The van der Waals surface area contributed by atoms with Gasteiger partial charge in [-0.2, -0.15) is 0 Å². The van der Waals surface area contributed by atoms with Gasteiger partial charge in [0.05, 0.1) is 7.11 Å². The highest BCUT2D eigenvalue weighted by Gasteiger charge is 2.14. The Kier molecular flexibility index (Phi) is 8.01. The summed E-state index contributed by atoms with van der Waals surface area (Å²) < 4.78 is 10.9. The van der Waals surface area contributed by atoms with Crippen molar-refractivity contribution in [2.45, 2.75) is 6.54 Å². The number of methoxy groups -OCH3 is 1. The molecule has 0 saturated carbocycles. The number of halogens is 1. The summed E-state index contributed by atoms with van der Waals surface area (Å²) in [6.07, 6.45) is 0. The smallest absolute Gasteiger partial charge is 0.325 e. The Balaban J connectivity index is 1.74. The third-order valence-corrected chi connectivity index (χ3v) is 4.67. The topological polar surface area (TPSA) is 84.9 Å². The first-order valence-electron chi connectivity index (χ1n) is 8.46. The van der Waals surface area contributed by atoms with Gasteiger partial charge in [-0.05, 0) is 35.9 Å². The molecule has 0 aliphatic rings. The lowest BCUT2D eigenvalue weighted by atomic mass is 10.2. The average Bonchev–Trinajstić information content (AvgIpc) is 2.71. The molecule has 1 N–H and O–H groups in total. The van der Waals surface area contributed by atoms with E-state index in [2.05, 4.69) is 21.2 Å². The van der Waals surface area contributed by atoms with E-state index >= 15 is 0 Å². The van der Waals surface area contributed by atoms with Crippen LogP contribution in [0.25, 0.3) is 0 Å². The quantitative estimate of drug-likeness (QED) is 0.626. The molecule has 2 rings (SSSR count). The number of esters is 1. The number of carbonyl (C=O) groups is 3. The third-order valence-electron chi connectivity index (χ3n) is 3.89. The summed E-state index contributed by atoms with van der Waals surface area (Å²) >= 11 is 3.43. The van der Waals surface area contributed by atoms with E-state index in [1.54, 1.807) is 31.3 Å². The van der Waals surface area contributed by atoms with Gasteiger partial charge < -0.3 is 19.7 Å². The zero-order valence-corrected chi connectivity index (χ0v) is 17.2. The van der Waals surface area contributed by atoms with Crippen molar-refractivity contribution < 1.29 is 23.9 Å². The molecule has 2 amide bonds. The summed E-state index contributed by atoms with van der Waals surface area (Å²) in [4.78, 5) is 37.4. The lowest BCUT2D eigenvalue weighted by Crippen LogP contribution is -2.34. The lowest BCUT2D eigenvalue weighted by Gasteiger charge is -2.18. The zero-order chi connectivity index (χ0) is 20.5. The Bertz CT molecular complexity index is 839. The molecule has 0 aliphatic heterocycles. The number of nitrogens with zero attached hydrogens (tertiary/aromatic N) is 1. The minimum absolute atomic E-state index is 0.327. The van der Waals surface area contributed by atoms with Gasteiger partial charge in [0.2, 0.25) is 0 Å². The number of likely N-dealkylation sites (N-methyl/N-ethyl adjacent to an activating group) is 1. The fourth-order valence-electron chi connectivity index (χ4n) is 2.27. The van der Waals surface area contributed by atoms with Crippen molar-refractivity contribution in [1.82, 2.24) is 10.2 Å². The van der Waals surface area contributed by atoms with Gasteiger partial charge in [0, 0.05) is 23.6 Å². The zero-order valence-electron chi connectivity index (χ0n) is 15.6. The maximum Gasteiger partial charge on any atom is 0.325 e. The minimum Gasteiger partial charge on any atom is -0.497 e. The van der Waals surface area contributed by atoms with Crippen molar-refractivity contribution in [2.24, 2.45) is 0 Å². The summed E-state index contributed by atoms with van der Waals surface area (Å²) in [7, 11) is 3.16. The van der Waals surface area contributed by atoms with Crippen molar-refractivity contribution in [1.29, 1.82) is 0 Å². The SMILES string of the molecule is COc1ccc(C(=O)NCC(=O)OCC(=O)N(C)Cc2ccccc2Br)cc1. The molecule has 0 heterocycles. The van der Waals surface area contributed by atoms with Gasteiger partial charge in [0.15, 0.2) is 6.61 Å². The molecule has 2 aromatic rings. The van der Waals surface area contributed by atoms with E-state index < -0.39 is 18.5 Å². The molecule has 0 radical (unpaired) electrons. The summed E-state index contributed by atoms with van der Waals surface area (Å²) in [6.45, 7) is -0.337. The second-order valence-corrected chi connectivity index (χ2v) is 6.77. The first kappa shape index (κ1) is 21.4. The molecular weight excluding hydrogens is 428 g/mol. The van der Waals surface area contributed by atoms with Crippen molar-refractivity contribution >= 4 is 33.7 Å². The Labute approximate surface area is 171 Å². The highest BCUT2D eigenvalue weighted by Crippen LogP contribution is 2.17. The van der Waals surface area contributed by atoms with Crippen molar-refractivity contribution in [3.05, 3.63) is 64.1 Å². The van der Waals surface area contributed by atoms with Gasteiger partial charge in [0.25, 0.3) is 11.8 Å². The highest BCUT2D eigenvalue weighted by molar-refractivity contribution is 9.10. The molecule has 0 bridgehead atoms. The van der Waals surface area contributed by atoms with Crippen LogP contribution in [0.2, 0.25) is 0 Å². The van der Waals surface area contributed by atoms with Crippen LogP contribution in [0.3, 0.4) is 0 Å². The second kappa shape index (κ2) is 10.5. The molecular formula is C20H21BrN2O5. The molecule has 28 heavy (non-hydrogen) atoms. The van der Waals surface area contributed by atoms with E-state index in [1.165, 1.54) is 12.0 Å². The monoisotopic (exact) mass is 448 g/mol. The van der Waals surface area contributed by atoms with E-state index in [9.17, 15) is 14.4 Å². The van der Waals surface area contributed by atoms with E-state index in [1.807, 2.05) is 24.3 Å². The highest BCUT2D eigenvalue weighted by atomic mass is 79.9. The molecule has 0 unspecified atom stereocenters. The second-order valence-electron chi connectivity index (χ2n) is 5.91. The van der Waals surface area contributed by atoms with Crippen molar-refractivity contribution in [2.75, 3.05) is 27.3 Å². The van der Waals surface area contributed by atoms with Gasteiger partial charge >= 0.3 is 5.97 Å². The van der Waals surface area contributed by atoms with Gasteiger partial charge in [0.1, 0.15) is 12.3 Å². The Hall–Kier alpha value is -2.87. The number of benzene rings is 2. The van der Waals surface area contributed by atoms with Crippen LogP contribution in [0.15, 0.2) is 53.0 Å². The predicted molar refractivity (Wildman–Crippen MR) is 107 cm³/mol. The predicted octanol–water partition coefficient (Wildman–Crippen LogP) is 2.39. The summed E-state index contributed by atoms with van der Waals surface area (Å²) in [6, 6.07) is 14.0. The van der Waals surface area contributed by atoms with Gasteiger partial charge in [-0.1, -0.05) is 34.1 Å². The molecule has 7 nitrogen and oxygen atoms in total. The van der Waals surface area contributed by atoms with Gasteiger partial charge in [-0.3, -0.25) is 14.4 Å². The molecule has 0 atom stereocenters. The number of amides is 2. The van der Waals surface area contributed by atoms with Crippen LogP contribution in [-0.4, -0.2) is 50.0 Å². The largest absolute Gasteiger partial charge is 0.497 e. The average molecular weight is 449 g/mol. The molecule has 0 aliphatic carbocycles. The fourth-order valence-corrected chi connectivity index (χ4v) is 2.68. The fraction of sp³-hybridized carbons (Fsp3) is 0.250. The molecule has 0 aromatic heterocycles. The maximum atomic E-state index is 12.1. The number of ether oxygens (including phenoxy) is 2. The van der Waals surface area contributed by atoms with E-state index in [-0.39, 0.29) is 12.5 Å². The molecule has 0 spiro atoms. The van der Waals surface area contributed by atoms with Crippen LogP contribution in [0, 0.1) is 0 Å².